The molecule has 0 saturated carbocycles. The Labute approximate surface area is 204 Å². The summed E-state index contributed by atoms with van der Waals surface area (Å²) in [7, 11) is 0. The highest BCUT2D eigenvalue weighted by atomic mass is 16.7. The lowest BCUT2D eigenvalue weighted by molar-refractivity contribution is -0.148. The summed E-state index contributed by atoms with van der Waals surface area (Å²) in [6, 6.07) is -0.640. The quantitative estimate of drug-likeness (QED) is 0.0926. The van der Waals surface area contributed by atoms with Crippen molar-refractivity contribution in [2.24, 2.45) is 11.8 Å². The molecule has 0 aliphatic rings. The van der Waals surface area contributed by atoms with Gasteiger partial charge in [-0.15, -0.1) is 0 Å². The molecule has 0 aliphatic heterocycles. The first kappa shape index (κ1) is 31.6. The van der Waals surface area contributed by atoms with Gasteiger partial charge in [-0.05, 0) is 44.4 Å². The van der Waals surface area contributed by atoms with Crippen molar-refractivity contribution in [1.82, 2.24) is 5.32 Å². The minimum absolute atomic E-state index is 0.0907. The maximum absolute atomic E-state index is 12.1. The lowest BCUT2D eigenvalue weighted by Gasteiger charge is -2.17. The molecule has 0 aliphatic carbocycles. The van der Waals surface area contributed by atoms with Crippen LogP contribution in [0.5, 0.6) is 0 Å². The molecule has 0 rings (SSSR count). The summed E-state index contributed by atoms with van der Waals surface area (Å²) in [6.07, 6.45) is 27.5. The fourth-order valence-corrected chi connectivity index (χ4v) is 4.10. The van der Waals surface area contributed by atoms with Crippen LogP contribution in [0.2, 0.25) is 0 Å². The van der Waals surface area contributed by atoms with E-state index >= 15 is 0 Å². The summed E-state index contributed by atoms with van der Waals surface area (Å²) in [5.41, 5.74) is 0. The number of rotatable bonds is 23. The molecule has 5 heteroatoms. The van der Waals surface area contributed by atoms with Gasteiger partial charge in [0, 0.05) is 6.42 Å². The number of nitrogens with two attached hydrogens (primary N) is 1. The van der Waals surface area contributed by atoms with Gasteiger partial charge in [-0.1, -0.05) is 110 Å². The lowest BCUT2D eigenvalue weighted by atomic mass is 10.0. The van der Waals surface area contributed by atoms with E-state index in [2.05, 4.69) is 29.2 Å². The molecule has 5 nitrogen and oxygen atoms in total. The topological polar surface area (TPSA) is 81.4 Å². The maximum Gasteiger partial charge on any atom is 0.347 e. The standard InChI is InChI=1S/C28H54N2O3/c1-4-5-6-7-8-9-10-11-12-13-14-15-16-17-18-19-20-21-22-23-27(31)30-26(24-25(2)3)28(32)33-29/h11-12,25-26H,4-10,13-24,29H2,1-3H3,(H,30,31)/b12-11-. The van der Waals surface area contributed by atoms with Crippen molar-refractivity contribution in [3.05, 3.63) is 12.2 Å². The van der Waals surface area contributed by atoms with Crippen molar-refractivity contribution in [1.29, 1.82) is 0 Å². The molecule has 0 heterocycles. The van der Waals surface area contributed by atoms with Gasteiger partial charge in [0.2, 0.25) is 5.91 Å². The number of unbranched alkanes of at least 4 members (excludes halogenated alkanes) is 15. The molecule has 0 aromatic carbocycles. The first-order chi connectivity index (χ1) is 16.0. The van der Waals surface area contributed by atoms with Crippen molar-refractivity contribution < 1.29 is 14.4 Å². The maximum atomic E-state index is 12.1. The zero-order valence-electron chi connectivity index (χ0n) is 22.0. The summed E-state index contributed by atoms with van der Waals surface area (Å²) >= 11 is 0. The molecular weight excluding hydrogens is 412 g/mol. The molecule has 1 atom stereocenters. The minimum Gasteiger partial charge on any atom is -0.372 e. The summed E-state index contributed by atoms with van der Waals surface area (Å²) in [6.45, 7) is 6.27. The third kappa shape index (κ3) is 22.2. The average molecular weight is 467 g/mol. The first-order valence-electron chi connectivity index (χ1n) is 13.9. The fraction of sp³-hybridized carbons (Fsp3) is 0.857. The van der Waals surface area contributed by atoms with Crippen LogP contribution >= 0.6 is 0 Å². The Kier molecular flexibility index (Phi) is 22.8. The van der Waals surface area contributed by atoms with Gasteiger partial charge in [0.25, 0.3) is 0 Å². The molecule has 1 unspecified atom stereocenters. The van der Waals surface area contributed by atoms with Crippen molar-refractivity contribution >= 4 is 11.9 Å². The molecule has 0 bridgehead atoms. The highest BCUT2D eigenvalue weighted by Gasteiger charge is 2.22. The van der Waals surface area contributed by atoms with Crippen LogP contribution in [0.15, 0.2) is 12.2 Å². The van der Waals surface area contributed by atoms with Gasteiger partial charge in [0.1, 0.15) is 6.04 Å². The van der Waals surface area contributed by atoms with Crippen LogP contribution in [-0.2, 0) is 14.4 Å². The molecule has 0 saturated heterocycles. The van der Waals surface area contributed by atoms with E-state index in [1.54, 1.807) is 0 Å². The minimum atomic E-state index is -0.640. The van der Waals surface area contributed by atoms with Crippen LogP contribution in [0.25, 0.3) is 0 Å². The predicted octanol–water partition coefficient (Wildman–Crippen LogP) is 7.53. The Hall–Kier alpha value is -1.36. The molecule has 0 aromatic rings. The number of carbonyl (C=O) groups excluding carboxylic acids is 2. The smallest absolute Gasteiger partial charge is 0.347 e. The molecule has 0 aromatic heterocycles. The number of allylic oxidation sites excluding steroid dienone is 2. The van der Waals surface area contributed by atoms with E-state index in [4.69, 9.17) is 5.90 Å². The van der Waals surface area contributed by atoms with Crippen molar-refractivity contribution in [2.75, 3.05) is 0 Å². The normalized spacial score (nSPS) is 12.4. The Morgan fingerprint density at radius 3 is 1.67 bits per heavy atom. The van der Waals surface area contributed by atoms with Gasteiger partial charge < -0.3 is 10.2 Å². The SMILES string of the molecule is CCCCCCCC/C=C\CCCCCCCCCCCC(=O)NC(CC(C)C)C(=O)ON. The lowest BCUT2D eigenvalue weighted by Crippen LogP contribution is -2.43. The molecular formula is C28H54N2O3. The second-order valence-electron chi connectivity index (χ2n) is 9.94. The van der Waals surface area contributed by atoms with Crippen LogP contribution in [0.3, 0.4) is 0 Å². The number of hydrogen-bond acceptors (Lipinski definition) is 4. The Morgan fingerprint density at radius 1 is 0.758 bits per heavy atom. The molecule has 33 heavy (non-hydrogen) atoms. The van der Waals surface area contributed by atoms with E-state index in [9.17, 15) is 9.59 Å². The van der Waals surface area contributed by atoms with Crippen LogP contribution in [0, 0.1) is 5.92 Å². The fourth-order valence-electron chi connectivity index (χ4n) is 4.10. The highest BCUT2D eigenvalue weighted by Crippen LogP contribution is 2.13. The second-order valence-corrected chi connectivity index (χ2v) is 9.94. The van der Waals surface area contributed by atoms with Gasteiger partial charge >= 0.3 is 5.97 Å². The number of carbonyl (C=O) groups is 2. The van der Waals surface area contributed by atoms with Crippen molar-refractivity contribution in [3.8, 4) is 0 Å². The van der Waals surface area contributed by atoms with Gasteiger partial charge in [0.05, 0.1) is 0 Å². The van der Waals surface area contributed by atoms with Gasteiger partial charge in [0.15, 0.2) is 0 Å². The Morgan fingerprint density at radius 2 is 1.21 bits per heavy atom. The van der Waals surface area contributed by atoms with Gasteiger partial charge in [-0.3, -0.25) is 4.79 Å². The van der Waals surface area contributed by atoms with Crippen LogP contribution < -0.4 is 11.2 Å². The van der Waals surface area contributed by atoms with Gasteiger partial charge in [-0.2, -0.15) is 5.90 Å². The van der Waals surface area contributed by atoms with Crippen molar-refractivity contribution in [2.45, 2.75) is 149 Å². The zero-order chi connectivity index (χ0) is 24.6. The third-order valence-corrected chi connectivity index (χ3v) is 6.11. The molecule has 0 fully saturated rings. The van der Waals surface area contributed by atoms with Crippen molar-refractivity contribution in [3.63, 3.8) is 0 Å². The van der Waals surface area contributed by atoms with Crippen LogP contribution in [0.1, 0.15) is 143 Å². The molecule has 0 spiro atoms. The summed E-state index contributed by atoms with van der Waals surface area (Å²) in [4.78, 5) is 28.0. The Balaban J connectivity index is 3.46. The Bertz CT molecular complexity index is 492. The molecule has 3 N–H and O–H groups in total. The second kappa shape index (κ2) is 23.8. The van der Waals surface area contributed by atoms with E-state index in [1.165, 1.54) is 96.3 Å². The van der Waals surface area contributed by atoms with Crippen LogP contribution in [-0.4, -0.2) is 17.9 Å². The number of nitrogens with one attached hydrogen (secondary N) is 1. The number of amides is 1. The summed E-state index contributed by atoms with van der Waals surface area (Å²) in [5, 5.41) is 2.76. The van der Waals surface area contributed by atoms with Gasteiger partial charge in [-0.25, -0.2) is 4.79 Å². The third-order valence-electron chi connectivity index (χ3n) is 6.11. The predicted molar refractivity (Wildman–Crippen MR) is 140 cm³/mol. The first-order valence-corrected chi connectivity index (χ1v) is 13.9. The average Bonchev–Trinajstić information content (AvgIpc) is 2.79. The number of hydrogen-bond donors (Lipinski definition) is 2. The zero-order valence-corrected chi connectivity index (χ0v) is 22.0. The van der Waals surface area contributed by atoms with Crippen LogP contribution in [0.4, 0.5) is 0 Å². The molecule has 194 valence electrons. The van der Waals surface area contributed by atoms with E-state index in [0.29, 0.717) is 12.8 Å². The monoisotopic (exact) mass is 466 g/mol. The van der Waals surface area contributed by atoms with E-state index in [1.807, 2.05) is 13.8 Å². The summed E-state index contributed by atoms with van der Waals surface area (Å²) < 4.78 is 0. The molecule has 1 amide bonds. The highest BCUT2D eigenvalue weighted by molar-refractivity contribution is 5.84. The largest absolute Gasteiger partial charge is 0.372 e. The molecule has 0 radical (unpaired) electrons. The summed E-state index contributed by atoms with van der Waals surface area (Å²) in [5.74, 6) is 4.59. The van der Waals surface area contributed by atoms with E-state index in [0.717, 1.165) is 12.8 Å². The van der Waals surface area contributed by atoms with E-state index < -0.39 is 12.0 Å². The van der Waals surface area contributed by atoms with E-state index in [-0.39, 0.29) is 11.8 Å².